The molecular weight excluding hydrogens is 296 g/mol. The summed E-state index contributed by atoms with van der Waals surface area (Å²) in [6.07, 6.45) is 0.779. The first-order chi connectivity index (χ1) is 10.4. The molecule has 114 valence electrons. The fourth-order valence-electron chi connectivity index (χ4n) is 2.95. The molecule has 22 heavy (non-hydrogen) atoms. The molecule has 0 amide bonds. The van der Waals surface area contributed by atoms with Gasteiger partial charge in [0.25, 0.3) is 0 Å². The quantitative estimate of drug-likeness (QED) is 0.815. The van der Waals surface area contributed by atoms with E-state index in [1.807, 2.05) is 38.1 Å². The van der Waals surface area contributed by atoms with Gasteiger partial charge >= 0.3 is 0 Å². The fourth-order valence-corrected chi connectivity index (χ4v) is 5.06. The van der Waals surface area contributed by atoms with E-state index in [1.54, 1.807) is 24.3 Å². The van der Waals surface area contributed by atoms with Crippen LogP contribution in [0.25, 0.3) is 0 Å². The van der Waals surface area contributed by atoms with Crippen molar-refractivity contribution in [1.82, 2.24) is 0 Å². The van der Waals surface area contributed by atoms with Crippen molar-refractivity contribution in [2.24, 2.45) is 5.92 Å². The maximum atomic E-state index is 12.8. The van der Waals surface area contributed by atoms with Gasteiger partial charge in [-0.3, -0.25) is 0 Å². The smallest absolute Gasteiger partial charge is 0.182 e. The predicted octanol–water partition coefficient (Wildman–Crippen LogP) is 3.06. The summed E-state index contributed by atoms with van der Waals surface area (Å²) in [4.78, 5) is 11.6. The van der Waals surface area contributed by atoms with E-state index in [2.05, 4.69) is 0 Å². The van der Waals surface area contributed by atoms with Gasteiger partial charge in [-0.1, -0.05) is 47.5 Å². The summed E-state index contributed by atoms with van der Waals surface area (Å²) in [6, 6.07) is 14.5. The lowest BCUT2D eigenvalue weighted by Crippen LogP contribution is -2.11. The van der Waals surface area contributed by atoms with E-state index < -0.39 is 21.0 Å². The Labute approximate surface area is 130 Å². The van der Waals surface area contributed by atoms with Crippen LogP contribution < -0.4 is 0 Å². The average molecular weight is 314 g/mol. The van der Waals surface area contributed by atoms with Gasteiger partial charge in [-0.05, 0) is 31.5 Å². The normalized spacial score (nSPS) is 24.0. The van der Waals surface area contributed by atoms with Gasteiger partial charge in [0, 0.05) is 11.8 Å². The van der Waals surface area contributed by atoms with Crippen LogP contribution in [0.2, 0.25) is 0 Å². The highest BCUT2D eigenvalue weighted by molar-refractivity contribution is 7.92. The highest BCUT2D eigenvalue weighted by Gasteiger charge is 2.58. The summed E-state index contributed by atoms with van der Waals surface area (Å²) in [5.41, 5.74) is 3.05. The Balaban J connectivity index is 1.95. The zero-order valence-electron chi connectivity index (χ0n) is 12.6. The minimum Gasteiger partial charge on any atom is -0.303 e. The number of carbonyl (C=O) groups excluding carboxylic acids is 1. The predicted molar refractivity (Wildman–Crippen MR) is 85.6 cm³/mol. The Hall–Kier alpha value is -1.94. The van der Waals surface area contributed by atoms with E-state index in [4.69, 9.17) is 0 Å². The van der Waals surface area contributed by atoms with Crippen molar-refractivity contribution >= 4 is 16.1 Å². The van der Waals surface area contributed by atoms with E-state index in [1.165, 1.54) is 0 Å². The molecule has 0 aromatic heterocycles. The number of sulfone groups is 1. The third kappa shape index (κ3) is 2.48. The molecule has 1 aliphatic rings. The summed E-state index contributed by atoms with van der Waals surface area (Å²) in [5.74, 6) is -0.682. The number of hydrogen-bond donors (Lipinski definition) is 0. The van der Waals surface area contributed by atoms with Gasteiger partial charge in [0.2, 0.25) is 0 Å². The van der Waals surface area contributed by atoms with Crippen molar-refractivity contribution in [3.8, 4) is 0 Å². The number of hydrogen-bond acceptors (Lipinski definition) is 3. The van der Waals surface area contributed by atoms with Crippen LogP contribution in [0.15, 0.2) is 53.4 Å². The van der Waals surface area contributed by atoms with Crippen LogP contribution in [0.5, 0.6) is 0 Å². The molecule has 0 unspecified atom stereocenters. The lowest BCUT2D eigenvalue weighted by Gasteiger charge is -2.05. The third-order valence-corrected chi connectivity index (χ3v) is 6.59. The van der Waals surface area contributed by atoms with E-state index in [0.717, 1.165) is 23.0 Å². The van der Waals surface area contributed by atoms with Crippen LogP contribution in [-0.4, -0.2) is 20.0 Å². The highest BCUT2D eigenvalue weighted by atomic mass is 32.2. The molecular formula is C18H18O3S. The van der Waals surface area contributed by atoms with Crippen molar-refractivity contribution < 1.29 is 13.2 Å². The maximum Gasteiger partial charge on any atom is 0.182 e. The fraction of sp³-hybridized carbons (Fsp3) is 0.278. The largest absolute Gasteiger partial charge is 0.303 e. The second-order valence-electron chi connectivity index (χ2n) is 5.97. The first kappa shape index (κ1) is 15.0. The monoisotopic (exact) mass is 314 g/mol. The van der Waals surface area contributed by atoms with E-state index in [-0.39, 0.29) is 5.92 Å². The molecule has 1 saturated carbocycles. The van der Waals surface area contributed by atoms with Gasteiger partial charge in [0.15, 0.2) is 9.84 Å². The second-order valence-corrected chi connectivity index (χ2v) is 8.08. The molecule has 0 aliphatic heterocycles. The summed E-state index contributed by atoms with van der Waals surface area (Å²) < 4.78 is 25.5. The topological polar surface area (TPSA) is 51.2 Å². The number of benzene rings is 2. The molecule has 3 rings (SSSR count). The second kappa shape index (κ2) is 5.36. The van der Waals surface area contributed by atoms with Crippen LogP contribution in [0.4, 0.5) is 0 Å². The lowest BCUT2D eigenvalue weighted by atomic mass is 10.1. The number of aryl methyl sites for hydroxylation is 2. The van der Waals surface area contributed by atoms with Crippen molar-refractivity contribution in [2.75, 3.05) is 0 Å². The van der Waals surface area contributed by atoms with E-state index >= 15 is 0 Å². The molecule has 1 fully saturated rings. The summed E-state index contributed by atoms with van der Waals surface area (Å²) in [6.45, 7) is 3.89. The van der Waals surface area contributed by atoms with E-state index in [9.17, 15) is 13.2 Å². The molecule has 1 aliphatic carbocycles. The molecule has 0 heterocycles. The Morgan fingerprint density at radius 1 is 0.864 bits per heavy atom. The molecule has 0 bridgehead atoms. The molecule has 3 nitrogen and oxygen atoms in total. The van der Waals surface area contributed by atoms with Crippen molar-refractivity contribution in [2.45, 2.75) is 29.9 Å². The van der Waals surface area contributed by atoms with Gasteiger partial charge < -0.3 is 4.79 Å². The first-order valence-corrected chi connectivity index (χ1v) is 8.82. The Kier molecular flexibility index (Phi) is 3.65. The summed E-state index contributed by atoms with van der Waals surface area (Å²) in [5, 5.41) is -0.643. The molecule has 0 N–H and O–H groups in total. The van der Waals surface area contributed by atoms with Crippen LogP contribution in [0.1, 0.15) is 22.6 Å². The average Bonchev–Trinajstić information content (AvgIpc) is 3.24. The standard InChI is InChI=1S/C18H18O3S/c1-12-3-7-14(8-4-12)17-16(11-19)18(17)22(20,21)15-9-5-13(2)6-10-15/h3-11,16-18H,1-2H3/t16-,17-,18-/m1/s1. The summed E-state index contributed by atoms with van der Waals surface area (Å²) in [7, 11) is -3.48. The highest BCUT2D eigenvalue weighted by Crippen LogP contribution is 2.52. The maximum absolute atomic E-state index is 12.8. The number of carbonyl (C=O) groups is 1. The van der Waals surface area contributed by atoms with Crippen LogP contribution in [-0.2, 0) is 14.6 Å². The zero-order valence-corrected chi connectivity index (χ0v) is 13.4. The Morgan fingerprint density at radius 2 is 1.36 bits per heavy atom. The lowest BCUT2D eigenvalue weighted by molar-refractivity contribution is -0.108. The van der Waals surface area contributed by atoms with Gasteiger partial charge in [-0.2, -0.15) is 0 Å². The molecule has 2 aromatic carbocycles. The van der Waals surface area contributed by atoms with Gasteiger partial charge in [-0.15, -0.1) is 0 Å². The molecule has 4 heteroatoms. The number of aldehydes is 1. The SMILES string of the molecule is Cc1ccc([C@@H]2[C@@H](C=O)[C@H]2S(=O)(=O)c2ccc(C)cc2)cc1. The number of rotatable bonds is 4. The van der Waals surface area contributed by atoms with Gasteiger partial charge in [0.05, 0.1) is 10.1 Å². The minimum atomic E-state index is -3.48. The van der Waals surface area contributed by atoms with Crippen molar-refractivity contribution in [1.29, 1.82) is 0 Å². The Morgan fingerprint density at radius 3 is 1.86 bits per heavy atom. The van der Waals surface area contributed by atoms with Gasteiger partial charge in [0.1, 0.15) is 6.29 Å². The van der Waals surface area contributed by atoms with Crippen molar-refractivity contribution in [3.05, 3.63) is 65.2 Å². The molecule has 0 radical (unpaired) electrons. The van der Waals surface area contributed by atoms with Crippen LogP contribution >= 0.6 is 0 Å². The zero-order chi connectivity index (χ0) is 15.9. The third-order valence-electron chi connectivity index (χ3n) is 4.33. The first-order valence-electron chi connectivity index (χ1n) is 7.27. The molecule has 3 atom stereocenters. The Bertz CT molecular complexity index is 789. The summed E-state index contributed by atoms with van der Waals surface area (Å²) >= 11 is 0. The van der Waals surface area contributed by atoms with Crippen LogP contribution in [0.3, 0.4) is 0 Å². The van der Waals surface area contributed by atoms with E-state index in [0.29, 0.717) is 4.90 Å². The van der Waals surface area contributed by atoms with Crippen molar-refractivity contribution in [3.63, 3.8) is 0 Å². The molecule has 2 aromatic rings. The molecule has 0 saturated heterocycles. The van der Waals surface area contributed by atoms with Crippen LogP contribution in [0, 0.1) is 19.8 Å². The molecule has 0 spiro atoms. The minimum absolute atomic E-state index is 0.232. The van der Waals surface area contributed by atoms with Gasteiger partial charge in [-0.25, -0.2) is 8.42 Å².